The van der Waals surface area contributed by atoms with Gasteiger partial charge in [-0.05, 0) is 30.7 Å². The third-order valence-corrected chi connectivity index (χ3v) is 6.11. The molecule has 1 aliphatic rings. The summed E-state index contributed by atoms with van der Waals surface area (Å²) >= 11 is 0. The van der Waals surface area contributed by atoms with Crippen LogP contribution in [0.3, 0.4) is 0 Å². The van der Waals surface area contributed by atoms with E-state index in [9.17, 15) is 4.79 Å². The maximum absolute atomic E-state index is 13.0. The minimum absolute atomic E-state index is 0.128. The molecule has 0 fully saturated rings. The van der Waals surface area contributed by atoms with Gasteiger partial charge in [-0.25, -0.2) is 19.5 Å². The van der Waals surface area contributed by atoms with Gasteiger partial charge in [0.2, 0.25) is 11.7 Å². The zero-order valence-corrected chi connectivity index (χ0v) is 18.0. The Bertz CT molecular complexity index is 1470. The van der Waals surface area contributed by atoms with Crippen molar-refractivity contribution in [3.05, 3.63) is 107 Å². The van der Waals surface area contributed by atoms with E-state index in [1.54, 1.807) is 30.7 Å². The molecule has 8 heteroatoms. The summed E-state index contributed by atoms with van der Waals surface area (Å²) in [6.07, 6.45) is 6.08. The third kappa shape index (κ3) is 3.27. The van der Waals surface area contributed by atoms with Crippen molar-refractivity contribution in [2.45, 2.75) is 19.4 Å². The van der Waals surface area contributed by atoms with Gasteiger partial charge in [-0.3, -0.25) is 4.79 Å². The van der Waals surface area contributed by atoms with E-state index in [1.807, 2.05) is 35.0 Å². The lowest BCUT2D eigenvalue weighted by molar-refractivity contribution is 0.103. The van der Waals surface area contributed by atoms with Gasteiger partial charge in [0.15, 0.2) is 0 Å². The lowest BCUT2D eigenvalue weighted by Gasteiger charge is -2.34. The molecule has 0 amide bonds. The van der Waals surface area contributed by atoms with Crippen LogP contribution in [-0.2, 0) is 6.42 Å². The summed E-state index contributed by atoms with van der Waals surface area (Å²) < 4.78 is 1.89. The third-order valence-electron chi connectivity index (χ3n) is 6.11. The number of nitrogens with zero attached hydrogens (tertiary/aromatic N) is 6. The number of aromatic amines is 1. The Labute approximate surface area is 190 Å². The van der Waals surface area contributed by atoms with Gasteiger partial charge in [0, 0.05) is 36.6 Å². The Kier molecular flexibility index (Phi) is 4.50. The number of imidazole rings is 1. The van der Waals surface area contributed by atoms with Crippen LogP contribution in [0.4, 0.5) is 5.95 Å². The SMILES string of the molecule is Cc1cccn2nc([C@H]3c4nc[nH]c4CCN3c3nccc(C(=O)c4ccccc4)n3)cc12. The second kappa shape index (κ2) is 7.67. The van der Waals surface area contributed by atoms with E-state index in [1.165, 1.54) is 0 Å². The number of rotatable bonds is 4. The van der Waals surface area contributed by atoms with Gasteiger partial charge >= 0.3 is 0 Å². The number of aryl methyl sites for hydroxylation is 1. The maximum atomic E-state index is 13.0. The number of nitrogens with one attached hydrogen (secondary N) is 1. The Hall–Kier alpha value is -4.33. The van der Waals surface area contributed by atoms with Gasteiger partial charge in [-0.2, -0.15) is 5.10 Å². The number of anilines is 1. The maximum Gasteiger partial charge on any atom is 0.226 e. The van der Waals surface area contributed by atoms with Crippen LogP contribution in [0.5, 0.6) is 0 Å². The van der Waals surface area contributed by atoms with Crippen molar-refractivity contribution in [1.82, 2.24) is 29.5 Å². The highest BCUT2D eigenvalue weighted by molar-refractivity contribution is 6.07. The number of H-pyrrole nitrogens is 1. The fraction of sp³-hybridized carbons (Fsp3) is 0.160. The number of pyridine rings is 1. The molecule has 1 atom stereocenters. The van der Waals surface area contributed by atoms with Gasteiger partial charge < -0.3 is 9.88 Å². The van der Waals surface area contributed by atoms with E-state index in [0.717, 1.165) is 34.6 Å². The summed E-state index contributed by atoms with van der Waals surface area (Å²) in [6, 6.07) is 16.7. The first kappa shape index (κ1) is 19.4. The number of ketones is 1. The van der Waals surface area contributed by atoms with Crippen LogP contribution in [0.1, 0.15) is 44.7 Å². The number of aromatic nitrogens is 6. The van der Waals surface area contributed by atoms with Crippen molar-refractivity contribution in [2.75, 3.05) is 11.4 Å². The van der Waals surface area contributed by atoms with Crippen LogP contribution in [0.2, 0.25) is 0 Å². The molecule has 33 heavy (non-hydrogen) atoms. The van der Waals surface area contributed by atoms with E-state index in [-0.39, 0.29) is 11.8 Å². The Balaban J connectivity index is 1.45. The van der Waals surface area contributed by atoms with Crippen molar-refractivity contribution in [3.63, 3.8) is 0 Å². The summed E-state index contributed by atoms with van der Waals surface area (Å²) in [6.45, 7) is 2.75. The van der Waals surface area contributed by atoms with Gasteiger partial charge in [0.05, 0.1) is 23.2 Å². The number of carbonyl (C=O) groups excluding carboxylic acids is 1. The molecule has 0 radical (unpaired) electrons. The van der Waals surface area contributed by atoms with Crippen LogP contribution < -0.4 is 4.90 Å². The molecular formula is C25H21N7O. The molecule has 0 spiro atoms. The average Bonchev–Trinajstić information content (AvgIpc) is 3.51. The van der Waals surface area contributed by atoms with Gasteiger partial charge in [0.1, 0.15) is 11.7 Å². The van der Waals surface area contributed by atoms with E-state index < -0.39 is 0 Å². The van der Waals surface area contributed by atoms with Crippen molar-refractivity contribution >= 4 is 17.2 Å². The van der Waals surface area contributed by atoms with Crippen molar-refractivity contribution < 1.29 is 4.79 Å². The number of benzene rings is 1. The molecule has 1 aromatic carbocycles. The highest BCUT2D eigenvalue weighted by atomic mass is 16.1. The monoisotopic (exact) mass is 435 g/mol. The molecule has 6 rings (SSSR count). The molecule has 1 aliphatic heterocycles. The highest BCUT2D eigenvalue weighted by Gasteiger charge is 2.35. The second-order valence-electron chi connectivity index (χ2n) is 8.14. The molecule has 0 aliphatic carbocycles. The van der Waals surface area contributed by atoms with Crippen LogP contribution in [0, 0.1) is 6.92 Å². The number of hydrogen-bond acceptors (Lipinski definition) is 6. The molecule has 5 aromatic rings. The Morgan fingerprint density at radius 3 is 2.82 bits per heavy atom. The topological polar surface area (TPSA) is 92.1 Å². The van der Waals surface area contributed by atoms with Gasteiger partial charge in [0.25, 0.3) is 0 Å². The predicted molar refractivity (Wildman–Crippen MR) is 123 cm³/mol. The minimum Gasteiger partial charge on any atom is -0.348 e. The summed E-state index contributed by atoms with van der Waals surface area (Å²) in [5.74, 6) is 0.362. The summed E-state index contributed by atoms with van der Waals surface area (Å²) in [5, 5.41) is 4.86. The number of hydrogen-bond donors (Lipinski definition) is 1. The summed E-state index contributed by atoms with van der Waals surface area (Å²) in [7, 11) is 0. The van der Waals surface area contributed by atoms with Crippen molar-refractivity contribution in [2.24, 2.45) is 0 Å². The summed E-state index contributed by atoms with van der Waals surface area (Å²) in [4.78, 5) is 32.2. The van der Waals surface area contributed by atoms with Gasteiger partial charge in [-0.1, -0.05) is 36.4 Å². The van der Waals surface area contributed by atoms with E-state index in [2.05, 4.69) is 43.9 Å². The highest BCUT2D eigenvalue weighted by Crippen LogP contribution is 2.35. The van der Waals surface area contributed by atoms with E-state index >= 15 is 0 Å². The van der Waals surface area contributed by atoms with Crippen LogP contribution in [0.25, 0.3) is 5.52 Å². The average molecular weight is 435 g/mol. The quantitative estimate of drug-likeness (QED) is 0.434. The number of fused-ring (bicyclic) bond motifs is 2. The molecule has 162 valence electrons. The Morgan fingerprint density at radius 2 is 1.97 bits per heavy atom. The molecule has 0 saturated carbocycles. The zero-order valence-electron chi connectivity index (χ0n) is 18.0. The van der Waals surface area contributed by atoms with Crippen LogP contribution in [-0.4, -0.2) is 41.9 Å². The van der Waals surface area contributed by atoms with E-state index in [0.29, 0.717) is 23.8 Å². The standard InChI is InChI=1S/C25H21N7O/c1-16-6-5-12-32-21(16)14-20(30-32)23-22-18(27-15-28-22)10-13-31(23)25-26-11-9-19(29-25)24(33)17-7-3-2-4-8-17/h2-9,11-12,14-15,23H,10,13H2,1H3,(H,27,28)/t23-/m0/s1. The smallest absolute Gasteiger partial charge is 0.226 e. The minimum atomic E-state index is -0.263. The Morgan fingerprint density at radius 1 is 1.09 bits per heavy atom. The number of carbonyl (C=O) groups is 1. The molecule has 4 aromatic heterocycles. The predicted octanol–water partition coefficient (Wildman–Crippen LogP) is 3.54. The lowest BCUT2D eigenvalue weighted by Crippen LogP contribution is -2.38. The first-order valence-electron chi connectivity index (χ1n) is 10.9. The first-order valence-corrected chi connectivity index (χ1v) is 10.9. The van der Waals surface area contributed by atoms with Crippen LogP contribution >= 0.6 is 0 Å². The second-order valence-corrected chi connectivity index (χ2v) is 8.14. The van der Waals surface area contributed by atoms with E-state index in [4.69, 9.17) is 5.10 Å². The molecule has 0 saturated heterocycles. The molecule has 0 bridgehead atoms. The molecule has 1 N–H and O–H groups in total. The molecule has 8 nitrogen and oxygen atoms in total. The fourth-order valence-electron chi connectivity index (χ4n) is 4.45. The fourth-order valence-corrected chi connectivity index (χ4v) is 4.45. The lowest BCUT2D eigenvalue weighted by atomic mass is 10.00. The zero-order chi connectivity index (χ0) is 22.4. The van der Waals surface area contributed by atoms with Crippen molar-refractivity contribution in [3.8, 4) is 0 Å². The normalized spacial score (nSPS) is 15.5. The van der Waals surface area contributed by atoms with Crippen molar-refractivity contribution in [1.29, 1.82) is 0 Å². The molecular weight excluding hydrogens is 414 g/mol. The molecule has 0 unspecified atom stereocenters. The van der Waals surface area contributed by atoms with Gasteiger partial charge in [-0.15, -0.1) is 0 Å². The molecule has 5 heterocycles. The van der Waals surface area contributed by atoms with Crippen LogP contribution in [0.15, 0.2) is 73.3 Å². The summed E-state index contributed by atoms with van der Waals surface area (Å²) in [5.41, 5.74) is 6.01. The largest absolute Gasteiger partial charge is 0.348 e. The first-order chi connectivity index (χ1) is 16.2.